The number of benzene rings is 2. The largest absolute Gasteiger partial charge is 0.462 e. The maximum Gasteiger partial charge on any atom is 0.338 e. The zero-order valence-corrected chi connectivity index (χ0v) is 15.6. The maximum atomic E-state index is 11.9. The summed E-state index contributed by atoms with van der Waals surface area (Å²) >= 11 is 0. The first-order chi connectivity index (χ1) is 12.8. The van der Waals surface area contributed by atoms with E-state index >= 15 is 0 Å². The molecule has 2 aromatic carbocycles. The second-order valence-electron chi connectivity index (χ2n) is 5.62. The van der Waals surface area contributed by atoms with E-state index in [0.29, 0.717) is 30.8 Å². The minimum absolute atomic E-state index is 0.0446. The van der Waals surface area contributed by atoms with Crippen LogP contribution in [0.1, 0.15) is 22.8 Å². The fourth-order valence-electron chi connectivity index (χ4n) is 2.25. The summed E-state index contributed by atoms with van der Waals surface area (Å²) in [5.74, 6) is -0.415. The van der Waals surface area contributed by atoms with Gasteiger partial charge in [0, 0.05) is 12.2 Å². The quantitative estimate of drug-likeness (QED) is 0.621. The predicted octanol–water partition coefficient (Wildman–Crippen LogP) is 1.87. The fourth-order valence-corrected chi connectivity index (χ4v) is 2.76. The lowest BCUT2D eigenvalue weighted by Gasteiger charge is -2.09. The molecule has 0 saturated carbocycles. The molecule has 0 heterocycles. The summed E-state index contributed by atoms with van der Waals surface area (Å²) in [6, 6.07) is 12.1. The Balaban J connectivity index is 1.80. The van der Waals surface area contributed by atoms with Gasteiger partial charge in [0.2, 0.25) is 10.0 Å². The molecule has 0 fully saturated rings. The lowest BCUT2D eigenvalue weighted by molar-refractivity contribution is 0.0526. The van der Waals surface area contributed by atoms with Crippen LogP contribution in [-0.2, 0) is 21.2 Å². The van der Waals surface area contributed by atoms with E-state index in [9.17, 15) is 18.0 Å². The molecule has 0 radical (unpaired) electrons. The number of nitrogens with one attached hydrogen (secondary N) is 2. The fraction of sp³-hybridized carbons (Fsp3) is 0.222. The van der Waals surface area contributed by atoms with Gasteiger partial charge >= 0.3 is 12.0 Å². The van der Waals surface area contributed by atoms with E-state index in [1.807, 2.05) is 0 Å². The highest BCUT2D eigenvalue weighted by atomic mass is 32.2. The van der Waals surface area contributed by atoms with Crippen LogP contribution in [0.15, 0.2) is 53.4 Å². The number of amides is 2. The third-order valence-electron chi connectivity index (χ3n) is 3.61. The van der Waals surface area contributed by atoms with Gasteiger partial charge in [-0.3, -0.25) is 0 Å². The zero-order valence-electron chi connectivity index (χ0n) is 14.8. The van der Waals surface area contributed by atoms with Crippen LogP contribution in [0.3, 0.4) is 0 Å². The van der Waals surface area contributed by atoms with Crippen LogP contribution in [0.2, 0.25) is 0 Å². The molecule has 0 aliphatic carbocycles. The molecule has 0 spiro atoms. The van der Waals surface area contributed by atoms with Crippen molar-refractivity contribution < 1.29 is 22.7 Å². The Morgan fingerprint density at radius 2 is 1.67 bits per heavy atom. The van der Waals surface area contributed by atoms with Gasteiger partial charge < -0.3 is 15.4 Å². The Labute approximate surface area is 157 Å². The summed E-state index contributed by atoms with van der Waals surface area (Å²) in [5, 5.41) is 10.4. The standard InChI is InChI=1S/C18H21N3O5S/c1-2-26-17(22)14-5-7-15(8-6-14)21-18(23)20-12-11-13-3-9-16(10-4-13)27(19,24)25/h3-10H,2,11-12H2,1H3,(H2,19,24,25)(H2,20,21,23). The second-order valence-corrected chi connectivity index (χ2v) is 7.18. The number of carbonyl (C=O) groups excluding carboxylic acids is 2. The molecule has 27 heavy (non-hydrogen) atoms. The minimum Gasteiger partial charge on any atom is -0.462 e. The first kappa shape index (κ1) is 20.4. The summed E-state index contributed by atoms with van der Waals surface area (Å²) in [6.07, 6.45) is 0.528. The number of carbonyl (C=O) groups is 2. The number of esters is 1. The molecule has 0 unspecified atom stereocenters. The van der Waals surface area contributed by atoms with E-state index < -0.39 is 16.0 Å². The van der Waals surface area contributed by atoms with E-state index in [4.69, 9.17) is 9.88 Å². The van der Waals surface area contributed by atoms with Crippen molar-refractivity contribution in [2.45, 2.75) is 18.2 Å². The van der Waals surface area contributed by atoms with Crippen LogP contribution in [0.4, 0.5) is 10.5 Å². The van der Waals surface area contributed by atoms with Crippen molar-refractivity contribution in [3.8, 4) is 0 Å². The molecule has 0 atom stereocenters. The van der Waals surface area contributed by atoms with Crippen molar-refractivity contribution in [1.29, 1.82) is 0 Å². The first-order valence-corrected chi connectivity index (χ1v) is 9.78. The Bertz CT molecular complexity index is 894. The summed E-state index contributed by atoms with van der Waals surface area (Å²) < 4.78 is 27.3. The molecule has 4 N–H and O–H groups in total. The van der Waals surface area contributed by atoms with E-state index in [1.165, 1.54) is 12.1 Å². The number of ether oxygens (including phenoxy) is 1. The molecule has 0 aliphatic heterocycles. The van der Waals surface area contributed by atoms with Crippen LogP contribution in [0.5, 0.6) is 0 Å². The molecule has 0 saturated heterocycles. The number of nitrogens with two attached hydrogens (primary N) is 1. The average molecular weight is 391 g/mol. The average Bonchev–Trinajstić information content (AvgIpc) is 2.62. The van der Waals surface area contributed by atoms with Gasteiger partial charge in [-0.2, -0.15) is 0 Å². The summed E-state index contributed by atoms with van der Waals surface area (Å²) in [6.45, 7) is 2.39. The van der Waals surface area contributed by atoms with Crippen LogP contribution >= 0.6 is 0 Å². The topological polar surface area (TPSA) is 128 Å². The van der Waals surface area contributed by atoms with Crippen molar-refractivity contribution in [2.24, 2.45) is 5.14 Å². The highest BCUT2D eigenvalue weighted by Crippen LogP contribution is 2.11. The molecular weight excluding hydrogens is 370 g/mol. The predicted molar refractivity (Wildman–Crippen MR) is 101 cm³/mol. The van der Waals surface area contributed by atoms with Crippen LogP contribution < -0.4 is 15.8 Å². The molecule has 2 rings (SSSR count). The molecule has 2 aromatic rings. The number of hydrogen-bond donors (Lipinski definition) is 3. The summed E-state index contributed by atoms with van der Waals surface area (Å²) in [4.78, 5) is 23.5. The molecule has 144 valence electrons. The van der Waals surface area contributed by atoms with E-state index in [-0.39, 0.29) is 10.9 Å². The molecule has 9 heteroatoms. The van der Waals surface area contributed by atoms with Gasteiger partial charge in [-0.1, -0.05) is 12.1 Å². The zero-order chi connectivity index (χ0) is 19.9. The minimum atomic E-state index is -3.71. The Morgan fingerprint density at radius 1 is 1.04 bits per heavy atom. The van der Waals surface area contributed by atoms with Crippen LogP contribution in [0, 0.1) is 0 Å². The maximum absolute atomic E-state index is 11.9. The SMILES string of the molecule is CCOC(=O)c1ccc(NC(=O)NCCc2ccc(S(N)(=O)=O)cc2)cc1. The number of hydrogen-bond acceptors (Lipinski definition) is 5. The molecule has 0 aliphatic rings. The van der Waals surface area contributed by atoms with Crippen molar-refractivity contribution in [3.63, 3.8) is 0 Å². The number of urea groups is 1. The van der Waals surface area contributed by atoms with Gasteiger partial charge in [-0.15, -0.1) is 0 Å². The Kier molecular flexibility index (Phi) is 6.91. The number of rotatable bonds is 7. The van der Waals surface area contributed by atoms with Crippen molar-refractivity contribution >= 4 is 27.7 Å². The highest BCUT2D eigenvalue weighted by Gasteiger charge is 2.08. The monoisotopic (exact) mass is 391 g/mol. The second kappa shape index (κ2) is 9.15. The van der Waals surface area contributed by atoms with E-state index in [0.717, 1.165) is 5.56 Å². The lowest BCUT2D eigenvalue weighted by Crippen LogP contribution is -2.30. The van der Waals surface area contributed by atoms with Crippen LogP contribution in [-0.4, -0.2) is 33.6 Å². The highest BCUT2D eigenvalue weighted by molar-refractivity contribution is 7.89. The van der Waals surface area contributed by atoms with Crippen molar-refractivity contribution in [1.82, 2.24) is 5.32 Å². The van der Waals surface area contributed by atoms with Gasteiger partial charge in [-0.25, -0.2) is 23.1 Å². The molecular formula is C18H21N3O5S. The van der Waals surface area contributed by atoms with E-state index in [2.05, 4.69) is 10.6 Å². The first-order valence-electron chi connectivity index (χ1n) is 8.23. The van der Waals surface area contributed by atoms with Crippen LogP contribution in [0.25, 0.3) is 0 Å². The lowest BCUT2D eigenvalue weighted by atomic mass is 10.1. The number of anilines is 1. The Morgan fingerprint density at radius 3 is 2.22 bits per heavy atom. The van der Waals surface area contributed by atoms with Gasteiger partial charge in [0.1, 0.15) is 0 Å². The molecule has 0 aromatic heterocycles. The van der Waals surface area contributed by atoms with Crippen molar-refractivity contribution in [3.05, 3.63) is 59.7 Å². The third kappa shape index (κ3) is 6.39. The number of sulfonamides is 1. The third-order valence-corrected chi connectivity index (χ3v) is 4.53. The molecule has 2 amide bonds. The van der Waals surface area contributed by atoms with Gasteiger partial charge in [-0.05, 0) is 55.3 Å². The number of primary sulfonamides is 1. The Hall–Kier alpha value is -2.91. The summed E-state index contributed by atoms with van der Waals surface area (Å²) in [5.41, 5.74) is 1.81. The van der Waals surface area contributed by atoms with Gasteiger partial charge in [0.15, 0.2) is 0 Å². The van der Waals surface area contributed by atoms with E-state index in [1.54, 1.807) is 43.3 Å². The smallest absolute Gasteiger partial charge is 0.338 e. The molecule has 0 bridgehead atoms. The van der Waals surface area contributed by atoms with Gasteiger partial charge in [0.25, 0.3) is 0 Å². The molecule has 8 nitrogen and oxygen atoms in total. The normalized spacial score (nSPS) is 10.9. The summed E-state index contributed by atoms with van der Waals surface area (Å²) in [7, 11) is -3.71. The van der Waals surface area contributed by atoms with Crippen molar-refractivity contribution in [2.75, 3.05) is 18.5 Å². The van der Waals surface area contributed by atoms with Gasteiger partial charge in [0.05, 0.1) is 17.1 Å².